The first-order valence-electron chi connectivity index (χ1n) is 13.0. The number of methoxy groups -OCH3 is 1. The SMILES string of the molecule is COCCN(C)c1ccc(C2CC(C)(C)CC(C)(C)C2)c(N2CCN(CC3CC3)CC2)c1. The third-order valence-electron chi connectivity index (χ3n) is 8.01. The molecule has 2 aliphatic carbocycles. The van der Waals surface area contributed by atoms with E-state index in [4.69, 9.17) is 4.74 Å². The minimum atomic E-state index is 0.403. The third-order valence-corrected chi connectivity index (χ3v) is 8.01. The number of ether oxygens (including phenoxy) is 1. The molecule has 1 heterocycles. The standard InChI is InChI=1S/C28H47N3O/c1-27(2)18-23(19-28(3,4)21-27)25-10-9-24(29(5)15-16-32-6)17-26(25)31-13-11-30(12-14-31)20-22-7-8-22/h9-10,17,22-23H,7-8,11-16,18-21H2,1-6H3. The maximum absolute atomic E-state index is 5.34. The molecule has 4 rings (SSSR count). The topological polar surface area (TPSA) is 19.0 Å². The number of likely N-dealkylation sites (N-methyl/N-ethyl adjacent to an activating group) is 1. The van der Waals surface area contributed by atoms with Crippen molar-refractivity contribution in [3.05, 3.63) is 23.8 Å². The molecule has 3 aliphatic rings. The summed E-state index contributed by atoms with van der Waals surface area (Å²) >= 11 is 0. The van der Waals surface area contributed by atoms with Crippen molar-refractivity contribution in [2.45, 2.75) is 65.7 Å². The van der Waals surface area contributed by atoms with E-state index in [0.29, 0.717) is 16.7 Å². The smallest absolute Gasteiger partial charge is 0.0637 e. The Balaban J connectivity index is 1.59. The molecule has 0 amide bonds. The monoisotopic (exact) mass is 441 g/mol. The van der Waals surface area contributed by atoms with Crippen molar-refractivity contribution >= 4 is 11.4 Å². The predicted octanol–water partition coefficient (Wildman–Crippen LogP) is 5.62. The lowest BCUT2D eigenvalue weighted by Gasteiger charge is -2.46. The van der Waals surface area contributed by atoms with Crippen molar-refractivity contribution in [3.8, 4) is 0 Å². The summed E-state index contributed by atoms with van der Waals surface area (Å²) in [6.45, 7) is 17.7. The van der Waals surface area contributed by atoms with Gasteiger partial charge in [0.15, 0.2) is 0 Å². The van der Waals surface area contributed by atoms with Crippen LogP contribution in [-0.2, 0) is 4.74 Å². The van der Waals surface area contributed by atoms with Gasteiger partial charge in [-0.2, -0.15) is 0 Å². The number of anilines is 2. The quantitative estimate of drug-likeness (QED) is 0.521. The summed E-state index contributed by atoms with van der Waals surface area (Å²) < 4.78 is 5.34. The molecule has 2 saturated carbocycles. The number of hydrogen-bond acceptors (Lipinski definition) is 4. The molecule has 0 aromatic heterocycles. The molecule has 0 bridgehead atoms. The molecule has 32 heavy (non-hydrogen) atoms. The lowest BCUT2D eigenvalue weighted by atomic mass is 9.60. The molecule has 0 N–H and O–H groups in total. The van der Waals surface area contributed by atoms with Gasteiger partial charge in [0.05, 0.1) is 6.61 Å². The highest BCUT2D eigenvalue weighted by molar-refractivity contribution is 5.65. The molecule has 1 aromatic carbocycles. The van der Waals surface area contributed by atoms with Crippen molar-refractivity contribution in [2.75, 3.05) is 69.8 Å². The maximum atomic E-state index is 5.34. The van der Waals surface area contributed by atoms with Crippen LogP contribution in [0.3, 0.4) is 0 Å². The summed E-state index contributed by atoms with van der Waals surface area (Å²) in [4.78, 5) is 7.74. The summed E-state index contributed by atoms with van der Waals surface area (Å²) in [5.41, 5.74) is 5.21. The molecule has 3 fully saturated rings. The summed E-state index contributed by atoms with van der Waals surface area (Å²) in [6.07, 6.45) is 6.82. The first-order valence-corrected chi connectivity index (χ1v) is 13.0. The normalized spacial score (nSPS) is 24.0. The fourth-order valence-electron chi connectivity index (χ4n) is 6.65. The Kier molecular flexibility index (Phi) is 7.12. The highest BCUT2D eigenvalue weighted by atomic mass is 16.5. The van der Waals surface area contributed by atoms with Crippen LogP contribution in [0.15, 0.2) is 18.2 Å². The van der Waals surface area contributed by atoms with Gasteiger partial charge < -0.3 is 14.5 Å². The van der Waals surface area contributed by atoms with E-state index in [9.17, 15) is 0 Å². The van der Waals surface area contributed by atoms with Gasteiger partial charge in [-0.15, -0.1) is 0 Å². The molecule has 180 valence electrons. The van der Waals surface area contributed by atoms with E-state index >= 15 is 0 Å². The second-order valence-corrected chi connectivity index (χ2v) is 12.5. The number of hydrogen-bond donors (Lipinski definition) is 0. The Bertz CT molecular complexity index is 746. The molecular formula is C28H47N3O. The fourth-order valence-corrected chi connectivity index (χ4v) is 6.65. The van der Waals surface area contributed by atoms with Crippen LogP contribution in [0, 0.1) is 16.7 Å². The van der Waals surface area contributed by atoms with E-state index in [1.54, 1.807) is 12.7 Å². The molecule has 1 saturated heterocycles. The summed E-state index contributed by atoms with van der Waals surface area (Å²) in [6, 6.07) is 7.30. The Morgan fingerprint density at radius 1 is 1.00 bits per heavy atom. The van der Waals surface area contributed by atoms with Crippen LogP contribution in [0.2, 0.25) is 0 Å². The van der Waals surface area contributed by atoms with Gasteiger partial charge in [-0.3, -0.25) is 4.90 Å². The van der Waals surface area contributed by atoms with E-state index in [1.807, 2.05) is 0 Å². The van der Waals surface area contributed by atoms with Gasteiger partial charge in [-0.1, -0.05) is 33.8 Å². The highest BCUT2D eigenvalue weighted by Crippen LogP contribution is 2.53. The van der Waals surface area contributed by atoms with Gasteiger partial charge >= 0.3 is 0 Å². The molecule has 4 nitrogen and oxygen atoms in total. The number of benzene rings is 1. The first-order chi connectivity index (χ1) is 15.2. The fraction of sp³-hybridized carbons (Fsp3) is 0.786. The van der Waals surface area contributed by atoms with Gasteiger partial charge in [0.1, 0.15) is 0 Å². The van der Waals surface area contributed by atoms with Gasteiger partial charge in [-0.25, -0.2) is 0 Å². The van der Waals surface area contributed by atoms with Gasteiger partial charge in [-0.05, 0) is 72.5 Å². The van der Waals surface area contributed by atoms with Crippen molar-refractivity contribution in [1.29, 1.82) is 0 Å². The molecule has 0 radical (unpaired) electrons. The average molecular weight is 442 g/mol. The molecule has 0 atom stereocenters. The summed E-state index contributed by atoms with van der Waals surface area (Å²) in [7, 11) is 3.98. The Morgan fingerprint density at radius 3 is 2.25 bits per heavy atom. The van der Waals surface area contributed by atoms with Gasteiger partial charge in [0.25, 0.3) is 0 Å². The molecule has 0 unspecified atom stereocenters. The van der Waals surface area contributed by atoms with Crippen LogP contribution in [0.5, 0.6) is 0 Å². The van der Waals surface area contributed by atoms with Crippen LogP contribution in [0.1, 0.15) is 71.3 Å². The van der Waals surface area contributed by atoms with E-state index in [1.165, 1.54) is 63.1 Å². The van der Waals surface area contributed by atoms with E-state index in [0.717, 1.165) is 32.2 Å². The average Bonchev–Trinajstić information content (AvgIpc) is 3.54. The molecule has 4 heteroatoms. The predicted molar refractivity (Wildman–Crippen MR) is 137 cm³/mol. The lowest BCUT2D eigenvalue weighted by Crippen LogP contribution is -2.47. The minimum Gasteiger partial charge on any atom is -0.383 e. The molecular weight excluding hydrogens is 394 g/mol. The number of rotatable bonds is 8. The first kappa shape index (κ1) is 23.9. The molecule has 0 spiro atoms. The number of nitrogens with zero attached hydrogens (tertiary/aromatic N) is 3. The Labute approximate surface area is 197 Å². The second-order valence-electron chi connectivity index (χ2n) is 12.5. The van der Waals surface area contributed by atoms with E-state index in [2.05, 4.69) is 67.6 Å². The maximum Gasteiger partial charge on any atom is 0.0637 e. The number of piperazine rings is 1. The van der Waals surface area contributed by atoms with Crippen LogP contribution >= 0.6 is 0 Å². The summed E-state index contributed by atoms with van der Waals surface area (Å²) in [5.74, 6) is 1.63. The van der Waals surface area contributed by atoms with Crippen molar-refractivity contribution in [3.63, 3.8) is 0 Å². The van der Waals surface area contributed by atoms with Crippen molar-refractivity contribution in [1.82, 2.24) is 4.90 Å². The van der Waals surface area contributed by atoms with Gasteiger partial charge in [0, 0.05) is 64.8 Å². The Morgan fingerprint density at radius 2 is 1.66 bits per heavy atom. The van der Waals surface area contributed by atoms with E-state index < -0.39 is 0 Å². The van der Waals surface area contributed by atoms with Crippen LogP contribution in [0.4, 0.5) is 11.4 Å². The van der Waals surface area contributed by atoms with Crippen LogP contribution in [0.25, 0.3) is 0 Å². The third kappa shape index (κ3) is 5.99. The van der Waals surface area contributed by atoms with Crippen molar-refractivity contribution in [2.24, 2.45) is 16.7 Å². The summed E-state index contributed by atoms with van der Waals surface area (Å²) in [5, 5.41) is 0. The zero-order valence-corrected chi connectivity index (χ0v) is 21.6. The van der Waals surface area contributed by atoms with Crippen molar-refractivity contribution < 1.29 is 4.74 Å². The largest absolute Gasteiger partial charge is 0.383 e. The van der Waals surface area contributed by atoms with Crippen LogP contribution < -0.4 is 9.80 Å². The minimum absolute atomic E-state index is 0.403. The Hall–Kier alpha value is -1.26. The highest BCUT2D eigenvalue weighted by Gasteiger charge is 2.40. The molecule has 1 aromatic rings. The second kappa shape index (κ2) is 9.54. The zero-order chi connectivity index (χ0) is 22.9. The lowest BCUT2D eigenvalue weighted by molar-refractivity contribution is 0.0970. The van der Waals surface area contributed by atoms with E-state index in [-0.39, 0.29) is 0 Å². The van der Waals surface area contributed by atoms with Crippen LogP contribution in [-0.4, -0.2) is 64.9 Å². The molecule has 1 aliphatic heterocycles. The van der Waals surface area contributed by atoms with Gasteiger partial charge in [0.2, 0.25) is 0 Å². The zero-order valence-electron chi connectivity index (χ0n) is 21.6.